The fraction of sp³-hybridized carbons (Fsp3) is 0.611. The SMILES string of the molecule is Cc1cccc(-n2nnnc2C2(N3CCOCC3)CCCCC2)c1. The first-order chi connectivity index (χ1) is 11.8. The maximum Gasteiger partial charge on any atom is 0.176 e. The largest absolute Gasteiger partial charge is 0.379 e. The number of benzene rings is 1. The van der Waals surface area contributed by atoms with Crippen LogP contribution in [0.25, 0.3) is 5.69 Å². The highest BCUT2D eigenvalue weighted by molar-refractivity contribution is 5.36. The van der Waals surface area contributed by atoms with Crippen molar-refractivity contribution in [2.45, 2.75) is 44.6 Å². The van der Waals surface area contributed by atoms with Crippen LogP contribution in [0, 0.1) is 6.92 Å². The molecule has 1 saturated carbocycles. The summed E-state index contributed by atoms with van der Waals surface area (Å²) in [6, 6.07) is 8.41. The summed E-state index contributed by atoms with van der Waals surface area (Å²) < 4.78 is 7.54. The second-order valence-corrected chi connectivity index (χ2v) is 6.94. The van der Waals surface area contributed by atoms with Crippen molar-refractivity contribution in [3.05, 3.63) is 35.7 Å². The summed E-state index contributed by atoms with van der Waals surface area (Å²) in [5.41, 5.74) is 2.21. The van der Waals surface area contributed by atoms with Gasteiger partial charge in [0.25, 0.3) is 0 Å². The molecule has 6 nitrogen and oxygen atoms in total. The van der Waals surface area contributed by atoms with E-state index in [-0.39, 0.29) is 5.54 Å². The van der Waals surface area contributed by atoms with Crippen molar-refractivity contribution in [3.63, 3.8) is 0 Å². The van der Waals surface area contributed by atoms with Crippen LogP contribution in [0.2, 0.25) is 0 Å². The summed E-state index contributed by atoms with van der Waals surface area (Å²) in [7, 11) is 0. The Balaban J connectivity index is 1.78. The molecule has 0 radical (unpaired) electrons. The highest BCUT2D eigenvalue weighted by atomic mass is 16.5. The molecule has 24 heavy (non-hydrogen) atoms. The van der Waals surface area contributed by atoms with Gasteiger partial charge in [0.2, 0.25) is 0 Å². The van der Waals surface area contributed by atoms with Gasteiger partial charge in [-0.2, -0.15) is 4.68 Å². The second-order valence-electron chi connectivity index (χ2n) is 6.94. The molecule has 0 unspecified atom stereocenters. The van der Waals surface area contributed by atoms with Crippen LogP contribution in [0.3, 0.4) is 0 Å². The van der Waals surface area contributed by atoms with Crippen molar-refractivity contribution in [1.82, 2.24) is 25.1 Å². The van der Waals surface area contributed by atoms with Gasteiger partial charge >= 0.3 is 0 Å². The molecule has 4 rings (SSSR count). The van der Waals surface area contributed by atoms with Gasteiger partial charge in [-0.15, -0.1) is 5.10 Å². The second kappa shape index (κ2) is 6.61. The van der Waals surface area contributed by atoms with E-state index in [9.17, 15) is 0 Å². The summed E-state index contributed by atoms with van der Waals surface area (Å²) >= 11 is 0. The fourth-order valence-electron chi connectivity index (χ4n) is 4.22. The summed E-state index contributed by atoms with van der Waals surface area (Å²) in [4.78, 5) is 2.56. The minimum Gasteiger partial charge on any atom is -0.379 e. The van der Waals surface area contributed by atoms with E-state index >= 15 is 0 Å². The van der Waals surface area contributed by atoms with Gasteiger partial charge in [-0.3, -0.25) is 4.90 Å². The molecule has 128 valence electrons. The van der Waals surface area contributed by atoms with Crippen LogP contribution in [0.15, 0.2) is 24.3 Å². The number of aryl methyl sites for hydroxylation is 1. The van der Waals surface area contributed by atoms with Gasteiger partial charge in [0.1, 0.15) is 0 Å². The first-order valence-electron chi connectivity index (χ1n) is 8.98. The van der Waals surface area contributed by atoms with Crippen molar-refractivity contribution >= 4 is 0 Å². The monoisotopic (exact) mass is 327 g/mol. The normalized spacial score (nSPS) is 21.7. The van der Waals surface area contributed by atoms with Crippen molar-refractivity contribution < 1.29 is 4.74 Å². The van der Waals surface area contributed by atoms with Gasteiger partial charge in [-0.05, 0) is 47.9 Å². The zero-order valence-corrected chi connectivity index (χ0v) is 14.3. The lowest BCUT2D eigenvalue weighted by molar-refractivity contribution is -0.0451. The Morgan fingerprint density at radius 3 is 2.62 bits per heavy atom. The standard InChI is InChI=1S/C18H25N5O/c1-15-6-5-7-16(14-15)23-17(19-20-21-23)18(8-3-2-4-9-18)22-10-12-24-13-11-22/h5-7,14H,2-4,8-13H2,1H3. The predicted octanol–water partition coefficient (Wildman–Crippen LogP) is 2.46. The molecule has 0 atom stereocenters. The maximum atomic E-state index is 5.58. The lowest BCUT2D eigenvalue weighted by Crippen LogP contribution is -2.53. The van der Waals surface area contributed by atoms with Crippen LogP contribution >= 0.6 is 0 Å². The average molecular weight is 327 g/mol. The van der Waals surface area contributed by atoms with Crippen LogP contribution in [-0.4, -0.2) is 51.4 Å². The number of ether oxygens (including phenoxy) is 1. The van der Waals surface area contributed by atoms with E-state index in [2.05, 4.69) is 51.6 Å². The van der Waals surface area contributed by atoms with Gasteiger partial charge in [0.15, 0.2) is 5.82 Å². The third-order valence-electron chi connectivity index (χ3n) is 5.43. The first kappa shape index (κ1) is 15.7. The zero-order chi connectivity index (χ0) is 16.4. The third-order valence-corrected chi connectivity index (χ3v) is 5.43. The third kappa shape index (κ3) is 2.74. The smallest absolute Gasteiger partial charge is 0.176 e. The molecule has 1 saturated heterocycles. The summed E-state index contributed by atoms with van der Waals surface area (Å²) in [5.74, 6) is 0.995. The molecule has 2 heterocycles. The predicted molar refractivity (Wildman–Crippen MR) is 91.0 cm³/mol. The minimum atomic E-state index is -0.0602. The van der Waals surface area contributed by atoms with Crippen LogP contribution in [-0.2, 0) is 10.3 Å². The number of tetrazole rings is 1. The molecule has 6 heteroatoms. The molecule has 0 bridgehead atoms. The number of morpholine rings is 1. The Morgan fingerprint density at radius 2 is 1.88 bits per heavy atom. The van der Waals surface area contributed by atoms with Gasteiger partial charge in [0.05, 0.1) is 24.4 Å². The Kier molecular flexibility index (Phi) is 4.33. The molecule has 0 N–H and O–H groups in total. The van der Waals surface area contributed by atoms with Crippen LogP contribution in [0.5, 0.6) is 0 Å². The highest BCUT2D eigenvalue weighted by Crippen LogP contribution is 2.42. The maximum absolute atomic E-state index is 5.58. The number of hydrogen-bond donors (Lipinski definition) is 0. The van der Waals surface area contributed by atoms with E-state index in [4.69, 9.17) is 4.74 Å². The van der Waals surface area contributed by atoms with Crippen molar-refractivity contribution in [2.24, 2.45) is 0 Å². The molecule has 1 aliphatic heterocycles. The minimum absolute atomic E-state index is 0.0602. The first-order valence-corrected chi connectivity index (χ1v) is 8.98. The number of nitrogens with zero attached hydrogens (tertiary/aromatic N) is 5. The van der Waals surface area contributed by atoms with Gasteiger partial charge < -0.3 is 4.74 Å². The van der Waals surface area contributed by atoms with Crippen molar-refractivity contribution in [3.8, 4) is 5.69 Å². The molecule has 2 aromatic rings. The molecule has 2 aliphatic rings. The topological polar surface area (TPSA) is 56.1 Å². The lowest BCUT2D eigenvalue weighted by Gasteiger charge is -2.46. The van der Waals surface area contributed by atoms with Crippen LogP contribution < -0.4 is 0 Å². The Bertz CT molecular complexity index is 686. The molecule has 0 amide bonds. The summed E-state index contributed by atoms with van der Waals surface area (Å²) in [6.45, 7) is 5.62. The van der Waals surface area contributed by atoms with Gasteiger partial charge in [0, 0.05) is 13.1 Å². The van der Waals surface area contributed by atoms with E-state index in [0.29, 0.717) is 0 Å². The van der Waals surface area contributed by atoms with E-state index in [1.165, 1.54) is 24.8 Å². The van der Waals surface area contributed by atoms with Crippen LogP contribution in [0.4, 0.5) is 0 Å². The molecular formula is C18H25N5O. The van der Waals surface area contributed by atoms with Gasteiger partial charge in [-0.1, -0.05) is 31.4 Å². The van der Waals surface area contributed by atoms with Crippen molar-refractivity contribution in [2.75, 3.05) is 26.3 Å². The van der Waals surface area contributed by atoms with E-state index in [1.54, 1.807) is 0 Å². The Morgan fingerprint density at radius 1 is 1.08 bits per heavy atom. The number of aromatic nitrogens is 4. The zero-order valence-electron chi connectivity index (χ0n) is 14.3. The van der Waals surface area contributed by atoms with E-state index < -0.39 is 0 Å². The van der Waals surface area contributed by atoms with Crippen LogP contribution in [0.1, 0.15) is 43.5 Å². The van der Waals surface area contributed by atoms with Crippen molar-refractivity contribution in [1.29, 1.82) is 0 Å². The fourth-order valence-corrected chi connectivity index (χ4v) is 4.22. The number of rotatable bonds is 3. The highest BCUT2D eigenvalue weighted by Gasteiger charge is 2.44. The van der Waals surface area contributed by atoms with Gasteiger partial charge in [-0.25, -0.2) is 0 Å². The molecular weight excluding hydrogens is 302 g/mol. The average Bonchev–Trinajstić information content (AvgIpc) is 3.13. The molecule has 0 spiro atoms. The molecule has 1 aliphatic carbocycles. The quantitative estimate of drug-likeness (QED) is 0.867. The number of hydrogen-bond acceptors (Lipinski definition) is 5. The molecule has 1 aromatic heterocycles. The molecule has 1 aromatic carbocycles. The Labute approximate surface area is 142 Å². The summed E-state index contributed by atoms with van der Waals surface area (Å²) in [6.07, 6.45) is 6.02. The Hall–Kier alpha value is -1.79. The molecule has 2 fully saturated rings. The van der Waals surface area contributed by atoms with E-state index in [1.807, 2.05) is 4.68 Å². The van der Waals surface area contributed by atoms with E-state index in [0.717, 1.165) is 50.7 Å². The summed E-state index contributed by atoms with van der Waals surface area (Å²) in [5, 5.41) is 12.9. The lowest BCUT2D eigenvalue weighted by atomic mass is 9.79.